The Kier molecular flexibility index (Phi) is 7.96. The van der Waals surface area contributed by atoms with Crippen LogP contribution >= 0.6 is 0 Å². The van der Waals surface area contributed by atoms with E-state index in [-0.39, 0.29) is 12.0 Å². The molecule has 2 aliphatic rings. The van der Waals surface area contributed by atoms with Crippen molar-refractivity contribution in [3.05, 3.63) is 29.8 Å². The number of amides is 1. The molecule has 1 saturated heterocycles. The number of nitrogens with zero attached hydrogens (tertiary/aromatic N) is 1. The van der Waals surface area contributed by atoms with Crippen LogP contribution in [0.5, 0.6) is 5.75 Å². The van der Waals surface area contributed by atoms with Crippen molar-refractivity contribution >= 4 is 5.91 Å². The fourth-order valence-corrected chi connectivity index (χ4v) is 3.99. The number of aryl methyl sites for hydroxylation is 1. The number of benzene rings is 1. The molecule has 3 rings (SSSR count). The molecule has 1 amide bonds. The van der Waals surface area contributed by atoms with Crippen LogP contribution in [0.4, 0.5) is 0 Å². The van der Waals surface area contributed by atoms with E-state index in [1.54, 1.807) is 0 Å². The maximum Gasteiger partial charge on any atom is 0.222 e. The van der Waals surface area contributed by atoms with E-state index in [1.165, 1.54) is 18.4 Å². The van der Waals surface area contributed by atoms with Gasteiger partial charge in [0, 0.05) is 26.1 Å². The molecule has 1 saturated carbocycles. The third-order valence-electron chi connectivity index (χ3n) is 5.63. The highest BCUT2D eigenvalue weighted by Gasteiger charge is 2.23. The Bertz CT molecular complexity index is 579. The van der Waals surface area contributed by atoms with Crippen molar-refractivity contribution in [2.45, 2.75) is 70.0 Å². The number of likely N-dealkylation sites (tertiary alicyclic amines) is 1. The highest BCUT2D eigenvalue weighted by molar-refractivity contribution is 5.76. The first kappa shape index (κ1) is 20.2. The molecule has 1 aliphatic carbocycles. The van der Waals surface area contributed by atoms with E-state index < -0.39 is 0 Å². The number of rotatable bonds is 9. The molecule has 2 N–H and O–H groups in total. The summed E-state index contributed by atoms with van der Waals surface area (Å²) < 4.78 is 11.9. The van der Waals surface area contributed by atoms with E-state index in [0.29, 0.717) is 19.1 Å². The van der Waals surface area contributed by atoms with E-state index in [0.717, 1.165) is 64.0 Å². The van der Waals surface area contributed by atoms with Crippen LogP contribution in [0.1, 0.15) is 56.9 Å². The van der Waals surface area contributed by atoms with Crippen LogP contribution in [0.2, 0.25) is 0 Å². The number of hydrogen-bond acceptors (Lipinski definition) is 4. The van der Waals surface area contributed by atoms with Crippen LogP contribution in [-0.2, 0) is 16.0 Å². The fourth-order valence-electron chi connectivity index (χ4n) is 3.99. The van der Waals surface area contributed by atoms with Gasteiger partial charge in [-0.2, -0.15) is 0 Å². The SMILES string of the molecule is NCCCOC1CCN(C(=O)CCc2cccc(OC3CCCC3)c2)CC1. The molecule has 0 unspecified atom stereocenters. The molecule has 1 aromatic carbocycles. The molecular weight excluding hydrogens is 340 g/mol. The predicted molar refractivity (Wildman–Crippen MR) is 107 cm³/mol. The minimum atomic E-state index is 0.248. The Morgan fingerprint density at radius 3 is 2.63 bits per heavy atom. The van der Waals surface area contributed by atoms with Crippen molar-refractivity contribution in [2.75, 3.05) is 26.2 Å². The minimum absolute atomic E-state index is 0.248. The van der Waals surface area contributed by atoms with Gasteiger partial charge in [0.05, 0.1) is 12.2 Å². The quantitative estimate of drug-likeness (QED) is 0.674. The average Bonchev–Trinajstić information content (AvgIpc) is 3.20. The maximum atomic E-state index is 12.5. The van der Waals surface area contributed by atoms with Crippen LogP contribution in [-0.4, -0.2) is 49.3 Å². The zero-order chi connectivity index (χ0) is 18.9. The van der Waals surface area contributed by atoms with Gasteiger partial charge in [-0.25, -0.2) is 0 Å². The lowest BCUT2D eigenvalue weighted by atomic mass is 10.1. The Hall–Kier alpha value is -1.59. The van der Waals surface area contributed by atoms with Gasteiger partial charge in [0.1, 0.15) is 5.75 Å². The van der Waals surface area contributed by atoms with Crippen molar-refractivity contribution in [1.29, 1.82) is 0 Å². The number of piperidine rings is 1. The molecule has 0 aromatic heterocycles. The number of carbonyl (C=O) groups excluding carboxylic acids is 1. The first-order chi connectivity index (χ1) is 13.2. The normalized spacial score (nSPS) is 18.8. The Labute approximate surface area is 163 Å². The van der Waals surface area contributed by atoms with E-state index in [9.17, 15) is 4.79 Å². The summed E-state index contributed by atoms with van der Waals surface area (Å²) in [5, 5.41) is 0. The van der Waals surface area contributed by atoms with E-state index in [4.69, 9.17) is 15.2 Å². The van der Waals surface area contributed by atoms with Gasteiger partial charge >= 0.3 is 0 Å². The van der Waals surface area contributed by atoms with Crippen molar-refractivity contribution in [3.63, 3.8) is 0 Å². The molecule has 5 nitrogen and oxygen atoms in total. The summed E-state index contributed by atoms with van der Waals surface area (Å²) in [4.78, 5) is 14.5. The van der Waals surface area contributed by atoms with Gasteiger partial charge in [-0.05, 0) is 75.6 Å². The summed E-state index contributed by atoms with van der Waals surface area (Å²) >= 11 is 0. The third kappa shape index (κ3) is 6.51. The van der Waals surface area contributed by atoms with Gasteiger partial charge in [-0.3, -0.25) is 4.79 Å². The second-order valence-corrected chi connectivity index (χ2v) is 7.76. The van der Waals surface area contributed by atoms with Gasteiger partial charge in [0.25, 0.3) is 0 Å². The van der Waals surface area contributed by atoms with Crippen LogP contribution in [0, 0.1) is 0 Å². The van der Waals surface area contributed by atoms with Crippen LogP contribution in [0.25, 0.3) is 0 Å². The third-order valence-corrected chi connectivity index (χ3v) is 5.63. The zero-order valence-electron chi connectivity index (χ0n) is 16.4. The standard InChI is InChI=1S/C22H34N2O3/c23-13-4-16-26-19-11-14-24(15-12-19)22(25)10-9-18-5-3-8-21(17-18)27-20-6-1-2-7-20/h3,5,8,17,19-20H,1-2,4,6-7,9-16,23H2. The topological polar surface area (TPSA) is 64.8 Å². The second kappa shape index (κ2) is 10.7. The summed E-state index contributed by atoms with van der Waals surface area (Å²) in [5.74, 6) is 1.19. The summed E-state index contributed by atoms with van der Waals surface area (Å²) in [6.07, 6.45) is 9.62. The second-order valence-electron chi connectivity index (χ2n) is 7.76. The Balaban J connectivity index is 1.39. The van der Waals surface area contributed by atoms with E-state index in [2.05, 4.69) is 12.1 Å². The van der Waals surface area contributed by atoms with Gasteiger partial charge in [-0.15, -0.1) is 0 Å². The highest BCUT2D eigenvalue weighted by Crippen LogP contribution is 2.25. The van der Waals surface area contributed by atoms with Gasteiger partial charge in [0.15, 0.2) is 0 Å². The maximum absolute atomic E-state index is 12.5. The van der Waals surface area contributed by atoms with Gasteiger partial charge < -0.3 is 20.1 Å². The molecule has 2 fully saturated rings. The highest BCUT2D eigenvalue weighted by atomic mass is 16.5. The van der Waals surface area contributed by atoms with Gasteiger partial charge in [0.2, 0.25) is 5.91 Å². The lowest BCUT2D eigenvalue weighted by Crippen LogP contribution is -2.41. The summed E-state index contributed by atoms with van der Waals surface area (Å²) in [5.41, 5.74) is 6.68. The first-order valence-corrected chi connectivity index (χ1v) is 10.6. The predicted octanol–water partition coefficient (Wildman–Crippen LogP) is 3.30. The summed E-state index contributed by atoms with van der Waals surface area (Å²) in [7, 11) is 0. The Morgan fingerprint density at radius 2 is 1.89 bits per heavy atom. The number of nitrogens with two attached hydrogens (primary N) is 1. The lowest BCUT2D eigenvalue weighted by molar-refractivity contribution is -0.133. The van der Waals surface area contributed by atoms with E-state index >= 15 is 0 Å². The first-order valence-electron chi connectivity index (χ1n) is 10.6. The molecule has 0 spiro atoms. The molecule has 0 radical (unpaired) electrons. The van der Waals surface area contributed by atoms with Crippen molar-refractivity contribution < 1.29 is 14.3 Å². The molecule has 1 aromatic rings. The minimum Gasteiger partial charge on any atom is -0.490 e. The molecule has 1 heterocycles. The van der Waals surface area contributed by atoms with Crippen molar-refractivity contribution in [3.8, 4) is 5.75 Å². The molecule has 0 atom stereocenters. The van der Waals surface area contributed by atoms with Crippen LogP contribution in [0.15, 0.2) is 24.3 Å². The summed E-state index contributed by atoms with van der Waals surface area (Å²) in [6.45, 7) is 3.01. The average molecular weight is 375 g/mol. The Morgan fingerprint density at radius 1 is 1.11 bits per heavy atom. The molecule has 1 aliphatic heterocycles. The fraction of sp³-hybridized carbons (Fsp3) is 0.682. The van der Waals surface area contributed by atoms with Crippen molar-refractivity contribution in [1.82, 2.24) is 4.90 Å². The van der Waals surface area contributed by atoms with Gasteiger partial charge in [-0.1, -0.05) is 12.1 Å². The molecule has 5 heteroatoms. The molecular formula is C22H34N2O3. The number of carbonyl (C=O) groups is 1. The number of hydrogen-bond donors (Lipinski definition) is 1. The van der Waals surface area contributed by atoms with Crippen molar-refractivity contribution in [2.24, 2.45) is 5.73 Å². The molecule has 150 valence electrons. The monoisotopic (exact) mass is 374 g/mol. The van der Waals surface area contributed by atoms with Crippen LogP contribution in [0.3, 0.4) is 0 Å². The largest absolute Gasteiger partial charge is 0.490 e. The number of ether oxygens (including phenoxy) is 2. The smallest absolute Gasteiger partial charge is 0.222 e. The molecule has 27 heavy (non-hydrogen) atoms. The molecule has 0 bridgehead atoms. The van der Waals surface area contributed by atoms with Crippen LogP contribution < -0.4 is 10.5 Å². The zero-order valence-corrected chi connectivity index (χ0v) is 16.4. The summed E-state index contributed by atoms with van der Waals surface area (Å²) in [6, 6.07) is 8.25. The lowest BCUT2D eigenvalue weighted by Gasteiger charge is -2.32. The van der Waals surface area contributed by atoms with E-state index in [1.807, 2.05) is 17.0 Å².